The molecule has 2 unspecified atom stereocenters. The summed E-state index contributed by atoms with van der Waals surface area (Å²) < 4.78 is 5.45. The Labute approximate surface area is 131 Å². The maximum absolute atomic E-state index is 10.1. The van der Waals surface area contributed by atoms with Crippen molar-refractivity contribution in [2.75, 3.05) is 40.3 Å². The monoisotopic (exact) mass is 316 g/mol. The van der Waals surface area contributed by atoms with Gasteiger partial charge in [0.15, 0.2) is 0 Å². The van der Waals surface area contributed by atoms with E-state index in [1.54, 1.807) is 31.2 Å². The van der Waals surface area contributed by atoms with Gasteiger partial charge in [-0.25, -0.2) is 0 Å². The molecule has 0 aliphatic rings. The molecule has 120 valence electrons. The molecule has 5 nitrogen and oxygen atoms in total. The molecule has 0 radical (unpaired) electrons. The molecule has 1 aromatic rings. The smallest absolute Gasteiger partial charge is 0.119 e. The Kier molecular flexibility index (Phi) is 7.42. The Balaban J connectivity index is 2.22. The maximum atomic E-state index is 10.1. The third-order valence-corrected chi connectivity index (χ3v) is 3.05. The van der Waals surface area contributed by atoms with Crippen LogP contribution in [0.2, 0.25) is 5.02 Å². The van der Waals surface area contributed by atoms with E-state index in [9.17, 15) is 10.2 Å². The molecule has 0 aliphatic carbocycles. The first-order chi connectivity index (χ1) is 9.78. The molecule has 1 rings (SSSR count). The second-order valence-corrected chi connectivity index (χ2v) is 6.22. The van der Waals surface area contributed by atoms with Gasteiger partial charge in [-0.3, -0.25) is 0 Å². The van der Waals surface area contributed by atoms with Gasteiger partial charge in [-0.1, -0.05) is 11.6 Å². The minimum absolute atomic E-state index is 0.185. The first-order valence-electron chi connectivity index (χ1n) is 6.93. The zero-order chi connectivity index (χ0) is 15.9. The number of rotatable bonds is 9. The molecule has 3 N–H and O–H groups in total. The van der Waals surface area contributed by atoms with Gasteiger partial charge in [-0.05, 0) is 45.3 Å². The van der Waals surface area contributed by atoms with Gasteiger partial charge in [0.25, 0.3) is 0 Å². The summed E-state index contributed by atoms with van der Waals surface area (Å²) in [5.74, 6) is 0.665. The molecule has 0 saturated heterocycles. The van der Waals surface area contributed by atoms with Crippen molar-refractivity contribution in [2.45, 2.75) is 18.6 Å². The SMILES string of the molecule is CN(C)CC(C)(O)CNCC(O)COc1ccc(Cl)cc1. The lowest BCUT2D eigenvalue weighted by molar-refractivity contribution is 0.0286. The molecule has 0 aliphatic heterocycles. The first-order valence-corrected chi connectivity index (χ1v) is 7.30. The second-order valence-electron chi connectivity index (χ2n) is 5.78. The van der Waals surface area contributed by atoms with Crippen LogP contribution in [0.25, 0.3) is 0 Å². The molecule has 0 aromatic heterocycles. The van der Waals surface area contributed by atoms with Gasteiger partial charge < -0.3 is 25.2 Å². The number of hydrogen-bond donors (Lipinski definition) is 3. The van der Waals surface area contributed by atoms with Gasteiger partial charge in [0, 0.05) is 24.7 Å². The highest BCUT2D eigenvalue weighted by Gasteiger charge is 2.21. The number of hydrogen-bond acceptors (Lipinski definition) is 5. The fraction of sp³-hybridized carbons (Fsp3) is 0.600. The molecule has 0 fully saturated rings. The highest BCUT2D eigenvalue weighted by atomic mass is 35.5. The highest BCUT2D eigenvalue weighted by Crippen LogP contribution is 2.15. The Bertz CT molecular complexity index is 410. The molecule has 1 aromatic carbocycles. The molecule has 21 heavy (non-hydrogen) atoms. The third kappa shape index (κ3) is 8.24. The van der Waals surface area contributed by atoms with Crippen molar-refractivity contribution >= 4 is 11.6 Å². The van der Waals surface area contributed by atoms with E-state index in [0.717, 1.165) is 0 Å². The van der Waals surface area contributed by atoms with E-state index >= 15 is 0 Å². The van der Waals surface area contributed by atoms with Gasteiger partial charge in [0.1, 0.15) is 18.5 Å². The van der Waals surface area contributed by atoms with Crippen LogP contribution in [0.4, 0.5) is 0 Å². The Hall–Kier alpha value is -0.850. The van der Waals surface area contributed by atoms with Gasteiger partial charge >= 0.3 is 0 Å². The van der Waals surface area contributed by atoms with Crippen LogP contribution < -0.4 is 10.1 Å². The van der Waals surface area contributed by atoms with Crippen molar-refractivity contribution in [3.63, 3.8) is 0 Å². The van der Waals surface area contributed by atoms with E-state index in [-0.39, 0.29) is 6.61 Å². The minimum Gasteiger partial charge on any atom is -0.491 e. The lowest BCUT2D eigenvalue weighted by Crippen LogP contribution is -2.47. The average Bonchev–Trinajstić information content (AvgIpc) is 2.36. The molecule has 0 heterocycles. The first kappa shape index (κ1) is 18.2. The second kappa shape index (κ2) is 8.56. The Morgan fingerprint density at radius 2 is 1.95 bits per heavy atom. The molecular weight excluding hydrogens is 292 g/mol. The molecule has 6 heteroatoms. The fourth-order valence-electron chi connectivity index (χ4n) is 2.03. The van der Waals surface area contributed by atoms with Crippen LogP contribution in [-0.2, 0) is 0 Å². The Morgan fingerprint density at radius 1 is 1.33 bits per heavy atom. The highest BCUT2D eigenvalue weighted by molar-refractivity contribution is 6.30. The maximum Gasteiger partial charge on any atom is 0.119 e. The van der Waals surface area contributed by atoms with Crippen LogP contribution >= 0.6 is 11.6 Å². The molecular formula is C15H25ClN2O3. The largest absolute Gasteiger partial charge is 0.491 e. The average molecular weight is 317 g/mol. The number of nitrogens with one attached hydrogen (secondary N) is 1. The van der Waals surface area contributed by atoms with E-state index in [1.807, 2.05) is 19.0 Å². The van der Waals surface area contributed by atoms with Gasteiger partial charge in [-0.2, -0.15) is 0 Å². The summed E-state index contributed by atoms with van der Waals surface area (Å²) in [6, 6.07) is 6.98. The molecule has 2 atom stereocenters. The fourth-order valence-corrected chi connectivity index (χ4v) is 2.15. The van der Waals surface area contributed by atoms with Gasteiger partial charge in [-0.15, -0.1) is 0 Å². The predicted molar refractivity (Wildman–Crippen MR) is 85.0 cm³/mol. The molecule has 0 saturated carbocycles. The van der Waals surface area contributed by atoms with Crippen LogP contribution in [0.15, 0.2) is 24.3 Å². The zero-order valence-electron chi connectivity index (χ0n) is 12.8. The molecule has 0 spiro atoms. The molecule has 0 bridgehead atoms. The van der Waals surface area contributed by atoms with E-state index in [0.29, 0.717) is 30.4 Å². The lowest BCUT2D eigenvalue weighted by Gasteiger charge is -2.27. The lowest BCUT2D eigenvalue weighted by atomic mass is 10.1. The quantitative estimate of drug-likeness (QED) is 0.634. The van der Waals surface area contributed by atoms with Crippen LogP contribution in [0.5, 0.6) is 5.75 Å². The van der Waals surface area contributed by atoms with Crippen LogP contribution in [0, 0.1) is 0 Å². The number of nitrogens with zero attached hydrogens (tertiary/aromatic N) is 1. The predicted octanol–water partition coefficient (Wildman–Crippen LogP) is 0.982. The topological polar surface area (TPSA) is 65.0 Å². The van der Waals surface area contributed by atoms with E-state index < -0.39 is 11.7 Å². The molecule has 0 amide bonds. The third-order valence-electron chi connectivity index (χ3n) is 2.80. The van der Waals surface area contributed by atoms with Crippen molar-refractivity contribution < 1.29 is 14.9 Å². The van der Waals surface area contributed by atoms with Crippen LogP contribution in [-0.4, -0.2) is 67.2 Å². The van der Waals surface area contributed by atoms with Crippen LogP contribution in [0.1, 0.15) is 6.92 Å². The number of benzene rings is 1. The summed E-state index contributed by atoms with van der Waals surface area (Å²) in [6.45, 7) is 3.26. The summed E-state index contributed by atoms with van der Waals surface area (Å²) in [7, 11) is 3.81. The number of aliphatic hydroxyl groups excluding tert-OH is 1. The summed E-state index contributed by atoms with van der Waals surface area (Å²) >= 11 is 5.78. The normalized spacial score (nSPS) is 15.8. The van der Waals surface area contributed by atoms with Crippen molar-refractivity contribution in [1.29, 1.82) is 0 Å². The summed E-state index contributed by atoms with van der Waals surface area (Å²) in [5.41, 5.74) is -0.833. The standard InChI is InChI=1S/C15H25ClN2O3/c1-15(20,11-18(2)3)10-17-8-13(19)9-21-14-6-4-12(16)5-7-14/h4-7,13,17,19-20H,8-11H2,1-3H3. The summed E-state index contributed by atoms with van der Waals surface area (Å²) in [6.07, 6.45) is -0.643. The number of halogens is 1. The number of ether oxygens (including phenoxy) is 1. The van der Waals surface area contributed by atoms with Gasteiger partial charge in [0.05, 0.1) is 5.60 Å². The van der Waals surface area contributed by atoms with E-state index in [2.05, 4.69) is 5.32 Å². The van der Waals surface area contributed by atoms with Crippen molar-refractivity contribution in [3.05, 3.63) is 29.3 Å². The van der Waals surface area contributed by atoms with E-state index in [1.165, 1.54) is 0 Å². The van der Waals surface area contributed by atoms with E-state index in [4.69, 9.17) is 16.3 Å². The minimum atomic E-state index is -0.833. The van der Waals surface area contributed by atoms with Crippen molar-refractivity contribution in [2.24, 2.45) is 0 Å². The number of aliphatic hydroxyl groups is 2. The number of likely N-dealkylation sites (N-methyl/N-ethyl adjacent to an activating group) is 1. The zero-order valence-corrected chi connectivity index (χ0v) is 13.6. The Morgan fingerprint density at radius 3 is 2.52 bits per heavy atom. The van der Waals surface area contributed by atoms with Crippen molar-refractivity contribution in [1.82, 2.24) is 10.2 Å². The summed E-state index contributed by atoms with van der Waals surface area (Å²) in [5, 5.41) is 23.6. The van der Waals surface area contributed by atoms with Crippen molar-refractivity contribution in [3.8, 4) is 5.75 Å². The van der Waals surface area contributed by atoms with Gasteiger partial charge in [0.2, 0.25) is 0 Å². The summed E-state index contributed by atoms with van der Waals surface area (Å²) in [4.78, 5) is 1.92. The van der Waals surface area contributed by atoms with Crippen LogP contribution in [0.3, 0.4) is 0 Å².